The van der Waals surface area contributed by atoms with Crippen LogP contribution in [-0.4, -0.2) is 0 Å². The molecule has 0 fully saturated rings. The Balaban J connectivity index is 2.90. The molecule has 0 saturated carbocycles. The molecule has 1 rings (SSSR count). The molecular formula is C12H16. The highest BCUT2D eigenvalue weighted by Crippen LogP contribution is 2.24. The summed E-state index contributed by atoms with van der Waals surface area (Å²) in [6.07, 6.45) is 6.71. The highest BCUT2D eigenvalue weighted by molar-refractivity contribution is 5.40. The third kappa shape index (κ3) is 1.78. The summed E-state index contributed by atoms with van der Waals surface area (Å²) in [5.41, 5.74) is 5.33. The van der Waals surface area contributed by atoms with Crippen molar-refractivity contribution in [3.63, 3.8) is 0 Å². The van der Waals surface area contributed by atoms with Gasteiger partial charge < -0.3 is 0 Å². The van der Waals surface area contributed by atoms with E-state index in [1.807, 2.05) is 6.92 Å². The van der Waals surface area contributed by atoms with Crippen LogP contribution in [0.4, 0.5) is 0 Å². The normalized spacial score (nSPS) is 27.8. The van der Waals surface area contributed by atoms with Crippen LogP contribution in [0.2, 0.25) is 0 Å². The molecule has 12 heavy (non-hydrogen) atoms. The molecule has 2 atom stereocenters. The van der Waals surface area contributed by atoms with Crippen molar-refractivity contribution in [1.82, 2.24) is 0 Å². The predicted molar refractivity (Wildman–Crippen MR) is 53.9 cm³/mol. The van der Waals surface area contributed by atoms with Crippen LogP contribution in [0, 0.1) is 11.8 Å². The fraction of sp³-hybridized carbons (Fsp3) is 0.417. The van der Waals surface area contributed by atoms with E-state index in [9.17, 15) is 0 Å². The van der Waals surface area contributed by atoms with Gasteiger partial charge in [0.15, 0.2) is 0 Å². The third-order valence-electron chi connectivity index (χ3n) is 2.55. The van der Waals surface area contributed by atoms with Gasteiger partial charge in [-0.05, 0) is 29.9 Å². The van der Waals surface area contributed by atoms with Gasteiger partial charge in [0.05, 0.1) is 0 Å². The maximum atomic E-state index is 3.64. The second-order valence-electron chi connectivity index (χ2n) is 3.50. The molecule has 0 nitrogen and oxygen atoms in total. The Hall–Kier alpha value is -1.00. The summed E-state index contributed by atoms with van der Waals surface area (Å²) in [5.74, 6) is 1.29. The van der Waals surface area contributed by atoms with E-state index in [-0.39, 0.29) is 0 Å². The molecule has 0 amide bonds. The Labute approximate surface area is 75.0 Å². The first kappa shape index (κ1) is 9.09. The lowest BCUT2D eigenvalue weighted by molar-refractivity contribution is 0.549. The zero-order valence-electron chi connectivity index (χ0n) is 8.09. The zero-order chi connectivity index (χ0) is 9.14. The Kier molecular flexibility index (Phi) is 2.73. The van der Waals surface area contributed by atoms with Crippen LogP contribution in [0.3, 0.4) is 0 Å². The van der Waals surface area contributed by atoms with E-state index >= 15 is 0 Å². The molecule has 0 heterocycles. The fourth-order valence-corrected chi connectivity index (χ4v) is 1.27. The van der Waals surface area contributed by atoms with Crippen molar-refractivity contribution in [3.8, 4) is 0 Å². The first-order valence-corrected chi connectivity index (χ1v) is 4.42. The van der Waals surface area contributed by atoms with Crippen molar-refractivity contribution in [2.45, 2.75) is 20.8 Å². The molecular weight excluding hydrogens is 144 g/mol. The minimum absolute atomic E-state index is 0.633. The standard InChI is InChI=1S/C12H16/c1-5-9(2)12-7-6-10(3)11(4)8-12/h6-8,10-11H,1H2,2-4H3. The highest BCUT2D eigenvalue weighted by atomic mass is 14.2. The lowest BCUT2D eigenvalue weighted by atomic mass is 9.87. The maximum absolute atomic E-state index is 3.64. The first-order chi connectivity index (χ1) is 5.65. The number of allylic oxidation sites excluding steroid dienone is 5. The number of hydrogen-bond donors (Lipinski definition) is 0. The van der Waals surface area contributed by atoms with Crippen molar-refractivity contribution in [2.24, 2.45) is 11.8 Å². The van der Waals surface area contributed by atoms with Crippen LogP contribution in [0.15, 0.2) is 41.7 Å². The lowest BCUT2D eigenvalue weighted by Crippen LogP contribution is -2.06. The monoisotopic (exact) mass is 160 g/mol. The van der Waals surface area contributed by atoms with E-state index in [0.29, 0.717) is 11.8 Å². The quantitative estimate of drug-likeness (QED) is 0.515. The third-order valence-corrected chi connectivity index (χ3v) is 2.55. The predicted octanol–water partition coefficient (Wildman–Crippen LogP) is 3.49. The second-order valence-corrected chi connectivity index (χ2v) is 3.50. The van der Waals surface area contributed by atoms with Crippen LogP contribution in [0.5, 0.6) is 0 Å². The fourth-order valence-electron chi connectivity index (χ4n) is 1.27. The smallest absolute Gasteiger partial charge is 0.00284 e. The number of hydrogen-bond acceptors (Lipinski definition) is 0. The number of rotatable bonds is 1. The second kappa shape index (κ2) is 3.60. The summed E-state index contributed by atoms with van der Waals surface area (Å²) in [4.78, 5) is 0. The Morgan fingerprint density at radius 2 is 2.08 bits per heavy atom. The molecule has 0 aliphatic heterocycles. The van der Waals surface area contributed by atoms with Crippen molar-refractivity contribution < 1.29 is 0 Å². The highest BCUT2D eigenvalue weighted by Gasteiger charge is 2.11. The Morgan fingerprint density at radius 3 is 2.58 bits per heavy atom. The van der Waals surface area contributed by atoms with E-state index in [4.69, 9.17) is 0 Å². The van der Waals surface area contributed by atoms with Gasteiger partial charge >= 0.3 is 0 Å². The summed E-state index contributed by atoms with van der Waals surface area (Å²) >= 11 is 0. The molecule has 1 aliphatic rings. The molecule has 0 bridgehead atoms. The van der Waals surface area contributed by atoms with Crippen LogP contribution < -0.4 is 0 Å². The molecule has 0 N–H and O–H groups in total. The Bertz CT molecular complexity index is 272. The lowest BCUT2D eigenvalue weighted by Gasteiger charge is -2.18. The van der Waals surface area contributed by atoms with Gasteiger partial charge in [-0.1, -0.05) is 38.7 Å². The van der Waals surface area contributed by atoms with Crippen LogP contribution in [0.1, 0.15) is 20.8 Å². The van der Waals surface area contributed by atoms with Crippen LogP contribution >= 0.6 is 0 Å². The molecule has 0 aromatic carbocycles. The van der Waals surface area contributed by atoms with Crippen molar-refractivity contribution in [3.05, 3.63) is 41.7 Å². The first-order valence-electron chi connectivity index (χ1n) is 4.42. The summed E-state index contributed by atoms with van der Waals surface area (Å²) in [6.45, 7) is 10.2. The van der Waals surface area contributed by atoms with Crippen molar-refractivity contribution in [2.75, 3.05) is 0 Å². The molecule has 0 saturated heterocycles. The Morgan fingerprint density at radius 1 is 1.42 bits per heavy atom. The summed E-state index contributed by atoms with van der Waals surface area (Å²) in [7, 11) is 0. The van der Waals surface area contributed by atoms with E-state index in [1.54, 1.807) is 0 Å². The van der Waals surface area contributed by atoms with Gasteiger partial charge in [0.2, 0.25) is 0 Å². The van der Waals surface area contributed by atoms with Gasteiger partial charge in [-0.15, -0.1) is 5.73 Å². The van der Waals surface area contributed by atoms with E-state index in [2.05, 4.69) is 44.4 Å². The van der Waals surface area contributed by atoms with Crippen molar-refractivity contribution in [1.29, 1.82) is 0 Å². The minimum Gasteiger partial charge on any atom is -0.125 e. The van der Waals surface area contributed by atoms with E-state index < -0.39 is 0 Å². The maximum Gasteiger partial charge on any atom is -0.00284 e. The molecule has 0 spiro atoms. The van der Waals surface area contributed by atoms with Gasteiger partial charge in [0, 0.05) is 0 Å². The summed E-state index contributed by atoms with van der Waals surface area (Å²) in [6, 6.07) is 0. The molecule has 2 unspecified atom stereocenters. The van der Waals surface area contributed by atoms with E-state index in [0.717, 1.165) is 5.57 Å². The molecule has 0 aromatic rings. The molecule has 0 aromatic heterocycles. The molecule has 0 heteroatoms. The molecule has 0 radical (unpaired) electrons. The average Bonchev–Trinajstić information content (AvgIpc) is 2.08. The van der Waals surface area contributed by atoms with Gasteiger partial charge in [-0.3, -0.25) is 0 Å². The zero-order valence-corrected chi connectivity index (χ0v) is 8.09. The van der Waals surface area contributed by atoms with Gasteiger partial charge in [0.1, 0.15) is 0 Å². The van der Waals surface area contributed by atoms with Gasteiger partial charge in [-0.25, -0.2) is 0 Å². The molecule has 64 valence electrons. The minimum atomic E-state index is 0.633. The molecule has 1 aliphatic carbocycles. The van der Waals surface area contributed by atoms with E-state index in [1.165, 1.54) is 5.57 Å². The van der Waals surface area contributed by atoms with Crippen LogP contribution in [0.25, 0.3) is 0 Å². The van der Waals surface area contributed by atoms with Crippen LogP contribution in [-0.2, 0) is 0 Å². The topological polar surface area (TPSA) is 0 Å². The van der Waals surface area contributed by atoms with Crippen molar-refractivity contribution >= 4 is 0 Å². The summed E-state index contributed by atoms with van der Waals surface area (Å²) in [5, 5.41) is 0. The van der Waals surface area contributed by atoms with Gasteiger partial charge in [0.25, 0.3) is 0 Å². The average molecular weight is 160 g/mol. The summed E-state index contributed by atoms with van der Waals surface area (Å²) < 4.78 is 0. The SMILES string of the molecule is C=C=C(C)C1=CC(C)C(C)C=C1. The van der Waals surface area contributed by atoms with Gasteiger partial charge in [-0.2, -0.15) is 0 Å². The largest absolute Gasteiger partial charge is 0.125 e.